The first-order valence-electron chi connectivity index (χ1n) is 1.57. The molecule has 0 rings (SSSR count). The SMILES string of the molecule is O.O.O=P(O)(O)O.O=P(O)(O)O.[Zn].[Zn].[Zn]. The summed E-state index contributed by atoms with van der Waals surface area (Å²) < 4.78 is 17.8. The Kier molecular flexibility index (Phi) is 53.3. The van der Waals surface area contributed by atoms with E-state index in [0.29, 0.717) is 0 Å². The molecule has 10 nitrogen and oxygen atoms in total. The van der Waals surface area contributed by atoms with E-state index in [2.05, 4.69) is 0 Å². The Labute approximate surface area is 123 Å². The maximum atomic E-state index is 8.88. The molecule has 0 aliphatic heterocycles. The van der Waals surface area contributed by atoms with Crippen molar-refractivity contribution in [1.82, 2.24) is 0 Å². The van der Waals surface area contributed by atoms with Gasteiger partial charge < -0.3 is 40.3 Å². The van der Waals surface area contributed by atoms with Crippen LogP contribution in [0.4, 0.5) is 0 Å². The third-order valence-electron chi connectivity index (χ3n) is 0. The molecule has 86 valence electrons. The van der Waals surface area contributed by atoms with Gasteiger partial charge >= 0.3 is 15.6 Å². The quantitative estimate of drug-likeness (QED) is 0.167. The largest absolute Gasteiger partial charge is 0.466 e. The van der Waals surface area contributed by atoms with Crippen molar-refractivity contribution in [2.24, 2.45) is 0 Å². The summed E-state index contributed by atoms with van der Waals surface area (Å²) in [6.07, 6.45) is 0. The predicted molar refractivity (Wildman–Crippen MR) is 35.8 cm³/mol. The molecule has 0 unspecified atom stereocenters. The third-order valence-corrected chi connectivity index (χ3v) is 0. The molecule has 0 heterocycles. The first kappa shape index (κ1) is 43.5. The van der Waals surface area contributed by atoms with Crippen molar-refractivity contribution in [3.05, 3.63) is 0 Å². The number of hydrogen-bond donors (Lipinski definition) is 6. The zero-order chi connectivity index (χ0) is 9.00. The van der Waals surface area contributed by atoms with Crippen LogP contribution in [0.25, 0.3) is 0 Å². The van der Waals surface area contributed by atoms with Crippen molar-refractivity contribution >= 4 is 15.6 Å². The van der Waals surface area contributed by atoms with Gasteiger partial charge in [-0.25, -0.2) is 9.13 Å². The van der Waals surface area contributed by atoms with E-state index in [1.165, 1.54) is 0 Å². The summed E-state index contributed by atoms with van der Waals surface area (Å²) in [6.45, 7) is 0. The van der Waals surface area contributed by atoms with Crippen LogP contribution in [0, 0.1) is 0 Å². The van der Waals surface area contributed by atoms with Gasteiger partial charge in [0.05, 0.1) is 0 Å². The van der Waals surface area contributed by atoms with Crippen molar-refractivity contribution in [3.8, 4) is 0 Å². The van der Waals surface area contributed by atoms with Gasteiger partial charge in [-0.2, -0.15) is 0 Å². The third kappa shape index (κ3) is 778. The van der Waals surface area contributed by atoms with Crippen molar-refractivity contribution in [3.63, 3.8) is 0 Å². The maximum Gasteiger partial charge on any atom is 0.466 e. The zero-order valence-electron chi connectivity index (χ0n) is 7.52. The van der Waals surface area contributed by atoms with Gasteiger partial charge in [-0.3, -0.25) is 0 Å². The number of hydrogen-bond acceptors (Lipinski definition) is 2. The molecule has 0 bridgehead atoms. The van der Waals surface area contributed by atoms with E-state index in [1.807, 2.05) is 0 Å². The minimum atomic E-state index is -4.64. The average molecular weight is 428 g/mol. The smallest absolute Gasteiger partial charge is 0.412 e. The monoisotopic (exact) mass is 424 g/mol. The van der Waals surface area contributed by atoms with Crippen LogP contribution in [0.3, 0.4) is 0 Å². The van der Waals surface area contributed by atoms with Crippen molar-refractivity contribution in [2.45, 2.75) is 0 Å². The molecule has 0 aromatic heterocycles. The fraction of sp³-hybridized carbons (Fsp3) is 0. The van der Waals surface area contributed by atoms with Crippen LogP contribution in [-0.4, -0.2) is 40.3 Å². The van der Waals surface area contributed by atoms with Crippen LogP contribution >= 0.6 is 15.6 Å². The summed E-state index contributed by atoms with van der Waals surface area (Å²) in [5.41, 5.74) is 0. The zero-order valence-corrected chi connectivity index (χ0v) is 18.2. The van der Waals surface area contributed by atoms with E-state index in [0.717, 1.165) is 0 Å². The molecule has 0 aliphatic carbocycles. The Bertz CT molecular complexity index is 131. The molecule has 10 N–H and O–H groups in total. The van der Waals surface area contributed by atoms with Gasteiger partial charge in [-0.1, -0.05) is 0 Å². The minimum Gasteiger partial charge on any atom is -0.412 e. The van der Waals surface area contributed by atoms with Crippen LogP contribution in [0.2, 0.25) is 0 Å². The van der Waals surface area contributed by atoms with Gasteiger partial charge in [0.2, 0.25) is 0 Å². The normalized spacial score (nSPS) is 7.87. The second kappa shape index (κ2) is 18.4. The van der Waals surface area contributed by atoms with Gasteiger partial charge in [0, 0.05) is 58.4 Å². The average Bonchev–Trinajstić information content (AvgIpc) is 1.12. The maximum absolute atomic E-state index is 8.88. The second-order valence-corrected chi connectivity index (χ2v) is 3.08. The summed E-state index contributed by atoms with van der Waals surface area (Å²) in [4.78, 5) is 43.1. The number of rotatable bonds is 0. The molecule has 0 fully saturated rings. The fourth-order valence-corrected chi connectivity index (χ4v) is 0. The van der Waals surface area contributed by atoms with Crippen LogP contribution in [-0.2, 0) is 67.6 Å². The summed E-state index contributed by atoms with van der Waals surface area (Å²) in [5.74, 6) is 0. The molecular weight excluding hydrogens is 418 g/mol. The van der Waals surface area contributed by atoms with E-state index in [9.17, 15) is 0 Å². The molecule has 0 aromatic carbocycles. The van der Waals surface area contributed by atoms with Crippen LogP contribution < -0.4 is 0 Å². The fourth-order valence-electron chi connectivity index (χ4n) is 0. The van der Waals surface area contributed by atoms with Crippen LogP contribution in [0.15, 0.2) is 0 Å². The Balaban J connectivity index is -0.0000000128. The molecule has 15 heteroatoms. The van der Waals surface area contributed by atoms with E-state index >= 15 is 0 Å². The van der Waals surface area contributed by atoms with Crippen molar-refractivity contribution < 1.29 is 108 Å². The summed E-state index contributed by atoms with van der Waals surface area (Å²) in [7, 11) is -9.28. The molecule has 15 heavy (non-hydrogen) atoms. The van der Waals surface area contributed by atoms with E-state index in [-0.39, 0.29) is 69.4 Å². The molecule has 0 aliphatic rings. The Hall–Kier alpha value is 2.01. The summed E-state index contributed by atoms with van der Waals surface area (Å²) in [5, 5.41) is 0. The van der Waals surface area contributed by atoms with Crippen LogP contribution in [0.5, 0.6) is 0 Å². The van der Waals surface area contributed by atoms with E-state index < -0.39 is 15.6 Å². The molecule has 0 saturated heterocycles. The van der Waals surface area contributed by atoms with E-state index in [1.54, 1.807) is 0 Å². The van der Waals surface area contributed by atoms with Crippen LogP contribution in [0.1, 0.15) is 0 Å². The van der Waals surface area contributed by atoms with Crippen molar-refractivity contribution in [2.75, 3.05) is 0 Å². The van der Waals surface area contributed by atoms with Gasteiger partial charge in [-0.15, -0.1) is 0 Å². The first-order valence-corrected chi connectivity index (χ1v) is 4.70. The summed E-state index contributed by atoms with van der Waals surface area (Å²) >= 11 is 0. The molecule has 0 spiro atoms. The minimum absolute atomic E-state index is 0. The second-order valence-electron chi connectivity index (χ2n) is 1.03. The van der Waals surface area contributed by atoms with Crippen molar-refractivity contribution in [1.29, 1.82) is 0 Å². The molecular formula is H10O10P2Zn3. The molecule has 0 atom stereocenters. The molecule has 0 radical (unpaired) electrons. The van der Waals surface area contributed by atoms with Gasteiger partial charge in [0.15, 0.2) is 0 Å². The Morgan fingerprint density at radius 3 is 0.533 bits per heavy atom. The predicted octanol–water partition coefficient (Wildman–Crippen LogP) is -3.51. The van der Waals surface area contributed by atoms with Gasteiger partial charge in [0.25, 0.3) is 0 Å². The summed E-state index contributed by atoms with van der Waals surface area (Å²) in [6, 6.07) is 0. The van der Waals surface area contributed by atoms with Gasteiger partial charge in [0.1, 0.15) is 0 Å². The first-order chi connectivity index (χ1) is 4.00. The number of phosphoric acid groups is 2. The van der Waals surface area contributed by atoms with Gasteiger partial charge in [-0.05, 0) is 0 Å². The Morgan fingerprint density at radius 2 is 0.533 bits per heavy atom. The topological polar surface area (TPSA) is 219 Å². The molecule has 0 aromatic rings. The molecule has 0 saturated carbocycles. The van der Waals surface area contributed by atoms with E-state index in [4.69, 9.17) is 38.5 Å². The standard InChI is InChI=1S/2H3O4P.2H2O.3Zn/c2*1-5(2,3)4;;;;;/h2*(H3,1,2,3,4);2*1H2;;;. The Morgan fingerprint density at radius 1 is 0.533 bits per heavy atom. The molecule has 0 amide bonds.